The van der Waals surface area contributed by atoms with Crippen molar-refractivity contribution in [2.24, 2.45) is 5.41 Å². The van der Waals surface area contributed by atoms with Crippen molar-refractivity contribution in [3.8, 4) is 0 Å². The number of piperazine rings is 1. The summed E-state index contributed by atoms with van der Waals surface area (Å²) in [4.78, 5) is 7.84. The fourth-order valence-electron chi connectivity index (χ4n) is 4.17. The number of likely N-dealkylation sites (tertiary alicyclic amines) is 1. The third kappa shape index (κ3) is 5.30. The Bertz CT molecular complexity index is 471. The quantitative estimate of drug-likeness (QED) is 0.794. The fourth-order valence-corrected chi connectivity index (χ4v) is 4.17. The highest BCUT2D eigenvalue weighted by molar-refractivity contribution is 5.14. The van der Waals surface area contributed by atoms with Gasteiger partial charge in [-0.15, -0.1) is 0 Å². The Morgan fingerprint density at radius 3 is 2.21 bits per heavy atom. The average molecular weight is 330 g/mol. The van der Waals surface area contributed by atoms with E-state index in [2.05, 4.69) is 59.0 Å². The van der Waals surface area contributed by atoms with Crippen LogP contribution in [-0.4, -0.2) is 74.1 Å². The Balaban J connectivity index is 1.35. The Hall–Kier alpha value is -0.900. The van der Waals surface area contributed by atoms with Crippen LogP contribution in [0.25, 0.3) is 0 Å². The molecule has 0 aromatic heterocycles. The predicted molar refractivity (Wildman–Crippen MR) is 102 cm³/mol. The number of hydrogen-bond acceptors (Lipinski definition) is 3. The molecule has 0 unspecified atom stereocenters. The van der Waals surface area contributed by atoms with E-state index in [1.165, 1.54) is 83.6 Å². The standard InChI is InChI=1S/C21H35N3/c1-21(19-24-17-15-22(2)16-18-24)10-13-23(14-11-21)12-6-9-20-7-4-3-5-8-20/h3-5,7-8H,6,9-19H2,1-2H3. The summed E-state index contributed by atoms with van der Waals surface area (Å²) in [5.74, 6) is 0. The fraction of sp³-hybridized carbons (Fsp3) is 0.714. The van der Waals surface area contributed by atoms with Crippen LogP contribution in [0.2, 0.25) is 0 Å². The number of piperidine rings is 1. The molecular formula is C21H35N3. The molecule has 0 radical (unpaired) electrons. The minimum absolute atomic E-state index is 0.534. The third-order valence-corrected chi connectivity index (χ3v) is 6.05. The summed E-state index contributed by atoms with van der Waals surface area (Å²) >= 11 is 0. The third-order valence-electron chi connectivity index (χ3n) is 6.05. The Labute approximate surface area is 148 Å². The molecule has 3 rings (SSSR count). The Morgan fingerprint density at radius 2 is 1.54 bits per heavy atom. The zero-order valence-corrected chi connectivity index (χ0v) is 15.7. The zero-order chi connectivity index (χ0) is 16.8. The number of rotatable bonds is 6. The van der Waals surface area contributed by atoms with Crippen molar-refractivity contribution >= 4 is 0 Å². The SMILES string of the molecule is CN1CCN(CC2(C)CCN(CCCc3ccccc3)CC2)CC1. The molecule has 0 bridgehead atoms. The molecular weight excluding hydrogens is 294 g/mol. The minimum atomic E-state index is 0.534. The number of hydrogen-bond donors (Lipinski definition) is 0. The summed E-state index contributed by atoms with van der Waals surface area (Å²) in [6.07, 6.45) is 5.24. The number of aryl methyl sites for hydroxylation is 1. The number of likely N-dealkylation sites (N-methyl/N-ethyl adjacent to an activating group) is 1. The van der Waals surface area contributed by atoms with E-state index in [1.54, 1.807) is 0 Å². The first-order valence-corrected chi connectivity index (χ1v) is 9.80. The summed E-state index contributed by atoms with van der Waals surface area (Å²) in [5, 5.41) is 0. The smallest absolute Gasteiger partial charge is 0.0110 e. The van der Waals surface area contributed by atoms with Crippen LogP contribution in [0.15, 0.2) is 30.3 Å². The lowest BCUT2D eigenvalue weighted by Gasteiger charge is -2.44. The first-order chi connectivity index (χ1) is 11.6. The lowest BCUT2D eigenvalue weighted by Crippen LogP contribution is -2.50. The highest BCUT2D eigenvalue weighted by Gasteiger charge is 2.32. The van der Waals surface area contributed by atoms with Gasteiger partial charge in [0.2, 0.25) is 0 Å². The Morgan fingerprint density at radius 1 is 0.875 bits per heavy atom. The van der Waals surface area contributed by atoms with Gasteiger partial charge in [0.15, 0.2) is 0 Å². The summed E-state index contributed by atoms with van der Waals surface area (Å²) in [6, 6.07) is 10.9. The van der Waals surface area contributed by atoms with Crippen molar-refractivity contribution in [3.63, 3.8) is 0 Å². The van der Waals surface area contributed by atoms with E-state index in [-0.39, 0.29) is 0 Å². The molecule has 0 saturated carbocycles. The molecule has 0 amide bonds. The first-order valence-electron chi connectivity index (χ1n) is 9.80. The van der Waals surface area contributed by atoms with Crippen molar-refractivity contribution in [3.05, 3.63) is 35.9 Å². The molecule has 1 aromatic carbocycles. The van der Waals surface area contributed by atoms with Gasteiger partial charge in [0.25, 0.3) is 0 Å². The first kappa shape index (κ1) is 17.9. The van der Waals surface area contributed by atoms with Gasteiger partial charge < -0.3 is 14.7 Å². The molecule has 2 aliphatic heterocycles. The van der Waals surface area contributed by atoms with Crippen LogP contribution in [0, 0.1) is 5.41 Å². The second kappa shape index (κ2) is 8.46. The van der Waals surface area contributed by atoms with Gasteiger partial charge in [0.1, 0.15) is 0 Å². The van der Waals surface area contributed by atoms with E-state index in [4.69, 9.17) is 0 Å². The van der Waals surface area contributed by atoms with Gasteiger partial charge in [-0.25, -0.2) is 0 Å². The monoisotopic (exact) mass is 329 g/mol. The van der Waals surface area contributed by atoms with E-state index in [9.17, 15) is 0 Å². The molecule has 134 valence electrons. The van der Waals surface area contributed by atoms with E-state index < -0.39 is 0 Å². The summed E-state index contributed by atoms with van der Waals surface area (Å²) in [5.41, 5.74) is 2.01. The molecule has 2 fully saturated rings. The van der Waals surface area contributed by atoms with Gasteiger partial charge in [0.05, 0.1) is 0 Å². The van der Waals surface area contributed by atoms with Crippen LogP contribution in [0.5, 0.6) is 0 Å². The highest BCUT2D eigenvalue weighted by atomic mass is 15.2. The predicted octanol–water partition coefficient (Wildman–Crippen LogP) is 2.97. The molecule has 0 N–H and O–H groups in total. The second-order valence-electron chi connectivity index (χ2n) is 8.32. The maximum atomic E-state index is 2.70. The Kier molecular flexibility index (Phi) is 6.31. The molecule has 2 aliphatic rings. The largest absolute Gasteiger partial charge is 0.304 e. The van der Waals surface area contributed by atoms with Gasteiger partial charge >= 0.3 is 0 Å². The molecule has 0 spiro atoms. The van der Waals surface area contributed by atoms with Crippen LogP contribution in [-0.2, 0) is 6.42 Å². The van der Waals surface area contributed by atoms with Gasteiger partial charge in [-0.2, -0.15) is 0 Å². The van der Waals surface area contributed by atoms with Crippen LogP contribution in [0.1, 0.15) is 31.7 Å². The molecule has 0 aliphatic carbocycles. The van der Waals surface area contributed by atoms with Gasteiger partial charge in [-0.3, -0.25) is 0 Å². The molecule has 2 heterocycles. The van der Waals surface area contributed by atoms with Gasteiger partial charge in [0, 0.05) is 32.7 Å². The van der Waals surface area contributed by atoms with Crippen LogP contribution < -0.4 is 0 Å². The summed E-state index contributed by atoms with van der Waals surface area (Å²) in [7, 11) is 2.24. The van der Waals surface area contributed by atoms with Crippen LogP contribution in [0.4, 0.5) is 0 Å². The molecule has 0 atom stereocenters. The van der Waals surface area contributed by atoms with Crippen LogP contribution in [0.3, 0.4) is 0 Å². The van der Waals surface area contributed by atoms with Crippen molar-refractivity contribution in [2.45, 2.75) is 32.6 Å². The second-order valence-corrected chi connectivity index (χ2v) is 8.32. The van der Waals surface area contributed by atoms with Crippen molar-refractivity contribution in [1.82, 2.24) is 14.7 Å². The number of benzene rings is 1. The molecule has 3 heteroatoms. The topological polar surface area (TPSA) is 9.72 Å². The maximum Gasteiger partial charge on any atom is 0.0110 e. The molecule has 1 aromatic rings. The van der Waals surface area contributed by atoms with E-state index in [1.807, 2.05) is 0 Å². The molecule has 3 nitrogen and oxygen atoms in total. The average Bonchev–Trinajstić information content (AvgIpc) is 2.60. The van der Waals surface area contributed by atoms with Crippen molar-refractivity contribution in [2.75, 3.05) is 59.4 Å². The lowest BCUT2D eigenvalue weighted by molar-refractivity contribution is 0.0539. The zero-order valence-electron chi connectivity index (χ0n) is 15.7. The summed E-state index contributed by atoms with van der Waals surface area (Å²) < 4.78 is 0. The number of nitrogens with zero attached hydrogens (tertiary/aromatic N) is 3. The van der Waals surface area contributed by atoms with Crippen molar-refractivity contribution < 1.29 is 0 Å². The molecule has 2 saturated heterocycles. The van der Waals surface area contributed by atoms with Gasteiger partial charge in [-0.1, -0.05) is 37.3 Å². The maximum absolute atomic E-state index is 2.70. The minimum Gasteiger partial charge on any atom is -0.304 e. The van der Waals surface area contributed by atoms with E-state index in [0.29, 0.717) is 5.41 Å². The lowest BCUT2D eigenvalue weighted by atomic mass is 9.79. The van der Waals surface area contributed by atoms with Gasteiger partial charge in [-0.05, 0) is 63.3 Å². The van der Waals surface area contributed by atoms with E-state index >= 15 is 0 Å². The van der Waals surface area contributed by atoms with E-state index in [0.717, 1.165) is 0 Å². The highest BCUT2D eigenvalue weighted by Crippen LogP contribution is 2.32. The summed E-state index contributed by atoms with van der Waals surface area (Å²) in [6.45, 7) is 12.7. The normalized spacial score (nSPS) is 23.4. The van der Waals surface area contributed by atoms with Crippen LogP contribution >= 0.6 is 0 Å². The molecule has 24 heavy (non-hydrogen) atoms. The van der Waals surface area contributed by atoms with Crippen molar-refractivity contribution in [1.29, 1.82) is 0 Å².